The van der Waals surface area contributed by atoms with Crippen LogP contribution in [0.1, 0.15) is 6.92 Å². The monoisotopic (exact) mass is 383 g/mol. The van der Waals surface area contributed by atoms with E-state index in [0.717, 1.165) is 48.8 Å². The number of para-hydroxylation sites is 2. The number of anilines is 2. The molecule has 1 saturated heterocycles. The Kier molecular flexibility index (Phi) is 5.31. The van der Waals surface area contributed by atoms with Crippen molar-refractivity contribution < 1.29 is 13.9 Å². The third kappa shape index (κ3) is 4.26. The second kappa shape index (κ2) is 8.02. The molecule has 3 aromatic rings. The molecule has 140 valence electrons. The topological polar surface area (TPSA) is 67.6 Å². The molecular weight excluding hydrogens is 362 g/mol. The van der Waals surface area contributed by atoms with E-state index in [0.29, 0.717) is 5.22 Å². The van der Waals surface area contributed by atoms with E-state index in [1.54, 1.807) is 0 Å². The van der Waals surface area contributed by atoms with Gasteiger partial charge in [0.15, 0.2) is 5.58 Å². The predicted molar refractivity (Wildman–Crippen MR) is 107 cm³/mol. The van der Waals surface area contributed by atoms with Crippen LogP contribution in [-0.2, 0) is 9.53 Å². The van der Waals surface area contributed by atoms with Gasteiger partial charge in [0, 0.05) is 24.5 Å². The summed E-state index contributed by atoms with van der Waals surface area (Å²) in [5, 5.41) is 3.13. The summed E-state index contributed by atoms with van der Waals surface area (Å²) < 4.78 is 11.1. The molecule has 0 radical (unpaired) electrons. The van der Waals surface area contributed by atoms with Gasteiger partial charge >= 0.3 is 0 Å². The summed E-state index contributed by atoms with van der Waals surface area (Å²) in [7, 11) is 0. The Morgan fingerprint density at radius 3 is 2.63 bits per heavy atom. The molecule has 1 unspecified atom stereocenters. The molecule has 6 nitrogen and oxygen atoms in total. The van der Waals surface area contributed by atoms with Gasteiger partial charge < -0.3 is 19.4 Å². The second-order valence-corrected chi connectivity index (χ2v) is 7.64. The van der Waals surface area contributed by atoms with Crippen molar-refractivity contribution in [3.05, 3.63) is 48.5 Å². The minimum absolute atomic E-state index is 0.0821. The predicted octanol–water partition coefficient (Wildman–Crippen LogP) is 3.78. The summed E-state index contributed by atoms with van der Waals surface area (Å²) >= 11 is 1.31. The number of nitrogens with zero attached hydrogens (tertiary/aromatic N) is 2. The summed E-state index contributed by atoms with van der Waals surface area (Å²) in [5.74, 6) is -0.0821. The Morgan fingerprint density at radius 2 is 1.89 bits per heavy atom. The zero-order chi connectivity index (χ0) is 18.6. The number of ether oxygens (including phenoxy) is 1. The van der Waals surface area contributed by atoms with Crippen LogP contribution in [0.5, 0.6) is 0 Å². The molecule has 1 aliphatic heterocycles. The lowest BCUT2D eigenvalue weighted by Crippen LogP contribution is -2.36. The molecule has 0 aliphatic carbocycles. The van der Waals surface area contributed by atoms with E-state index in [1.165, 1.54) is 11.8 Å². The first-order valence-electron chi connectivity index (χ1n) is 8.95. The lowest BCUT2D eigenvalue weighted by Gasteiger charge is -2.28. The highest BCUT2D eigenvalue weighted by Gasteiger charge is 2.18. The summed E-state index contributed by atoms with van der Waals surface area (Å²) in [4.78, 5) is 19.2. The quantitative estimate of drug-likeness (QED) is 0.676. The number of thioether (sulfide) groups is 1. The number of hydrogen-bond acceptors (Lipinski definition) is 6. The molecule has 0 spiro atoms. The summed E-state index contributed by atoms with van der Waals surface area (Å²) in [5.41, 5.74) is 3.45. The minimum Gasteiger partial charge on any atom is -0.431 e. The van der Waals surface area contributed by atoms with Crippen molar-refractivity contribution in [2.75, 3.05) is 36.5 Å². The highest BCUT2D eigenvalue weighted by Crippen LogP contribution is 2.27. The van der Waals surface area contributed by atoms with Gasteiger partial charge in [-0.1, -0.05) is 23.9 Å². The Hall–Kier alpha value is -2.51. The van der Waals surface area contributed by atoms with Gasteiger partial charge in [0.1, 0.15) is 5.52 Å². The van der Waals surface area contributed by atoms with Crippen molar-refractivity contribution in [1.82, 2.24) is 4.98 Å². The van der Waals surface area contributed by atoms with Gasteiger partial charge in [0.05, 0.1) is 18.5 Å². The highest BCUT2D eigenvalue weighted by molar-refractivity contribution is 8.00. The lowest BCUT2D eigenvalue weighted by atomic mass is 10.2. The first kappa shape index (κ1) is 17.9. The third-order valence-electron chi connectivity index (χ3n) is 4.43. The Morgan fingerprint density at radius 1 is 1.15 bits per heavy atom. The normalized spacial score (nSPS) is 15.7. The zero-order valence-corrected chi connectivity index (χ0v) is 15.9. The summed E-state index contributed by atoms with van der Waals surface area (Å²) in [6.07, 6.45) is 0. The molecule has 1 atom stereocenters. The summed E-state index contributed by atoms with van der Waals surface area (Å²) in [6.45, 7) is 5.14. The van der Waals surface area contributed by atoms with Crippen LogP contribution in [0.3, 0.4) is 0 Å². The first-order valence-corrected chi connectivity index (χ1v) is 9.83. The van der Waals surface area contributed by atoms with E-state index in [4.69, 9.17) is 9.15 Å². The SMILES string of the molecule is CC(Sc1nc2ccccc2o1)C(=O)Nc1ccc(N2CCOCC2)cc1. The number of rotatable bonds is 5. The molecule has 1 aromatic heterocycles. The fourth-order valence-corrected chi connectivity index (χ4v) is 3.68. The molecule has 1 N–H and O–H groups in total. The Bertz CT molecular complexity index is 887. The van der Waals surface area contributed by atoms with Crippen LogP contribution in [0, 0.1) is 0 Å². The van der Waals surface area contributed by atoms with E-state index >= 15 is 0 Å². The van der Waals surface area contributed by atoms with Crippen molar-refractivity contribution in [3.8, 4) is 0 Å². The van der Waals surface area contributed by atoms with E-state index in [-0.39, 0.29) is 11.2 Å². The zero-order valence-electron chi connectivity index (χ0n) is 15.1. The number of fused-ring (bicyclic) bond motifs is 1. The standard InChI is InChI=1S/C20H21N3O3S/c1-14(27-20-22-17-4-2-3-5-18(17)26-20)19(24)21-15-6-8-16(9-7-15)23-10-12-25-13-11-23/h2-9,14H,10-13H2,1H3,(H,21,24). The van der Waals surface area contributed by atoms with Crippen molar-refractivity contribution >= 4 is 40.1 Å². The number of hydrogen-bond donors (Lipinski definition) is 1. The van der Waals surface area contributed by atoms with Crippen molar-refractivity contribution in [2.45, 2.75) is 17.4 Å². The minimum atomic E-state index is -0.322. The third-order valence-corrected chi connectivity index (χ3v) is 5.38. The smallest absolute Gasteiger partial charge is 0.257 e. The van der Waals surface area contributed by atoms with Gasteiger partial charge in [0.25, 0.3) is 5.22 Å². The molecule has 0 saturated carbocycles. The molecule has 2 aromatic carbocycles. The van der Waals surface area contributed by atoms with Gasteiger partial charge in [-0.3, -0.25) is 4.79 Å². The Balaban J connectivity index is 1.36. The van der Waals surface area contributed by atoms with Crippen LogP contribution in [0.15, 0.2) is 58.2 Å². The largest absolute Gasteiger partial charge is 0.431 e. The number of nitrogens with one attached hydrogen (secondary N) is 1. The lowest BCUT2D eigenvalue weighted by molar-refractivity contribution is -0.115. The molecule has 2 heterocycles. The van der Waals surface area contributed by atoms with Crippen molar-refractivity contribution in [2.24, 2.45) is 0 Å². The van der Waals surface area contributed by atoms with Crippen LogP contribution >= 0.6 is 11.8 Å². The van der Waals surface area contributed by atoms with Crippen LogP contribution in [0.4, 0.5) is 11.4 Å². The fraction of sp³-hybridized carbons (Fsp3) is 0.300. The Labute approximate surface area is 161 Å². The fourth-order valence-electron chi connectivity index (χ4n) is 2.93. The van der Waals surface area contributed by atoms with Crippen molar-refractivity contribution in [3.63, 3.8) is 0 Å². The van der Waals surface area contributed by atoms with E-state index in [2.05, 4.69) is 15.2 Å². The number of oxazole rings is 1. The average molecular weight is 383 g/mol. The number of aromatic nitrogens is 1. The molecule has 0 bridgehead atoms. The molecule has 1 fully saturated rings. The van der Waals surface area contributed by atoms with Gasteiger partial charge in [-0.25, -0.2) is 4.98 Å². The number of benzene rings is 2. The van der Waals surface area contributed by atoms with E-state index < -0.39 is 0 Å². The van der Waals surface area contributed by atoms with Crippen LogP contribution < -0.4 is 10.2 Å². The number of carbonyl (C=O) groups excluding carboxylic acids is 1. The molecule has 4 rings (SSSR count). The first-order chi connectivity index (χ1) is 13.2. The molecule has 7 heteroatoms. The molecule has 1 aliphatic rings. The van der Waals surface area contributed by atoms with Crippen LogP contribution in [-0.4, -0.2) is 42.4 Å². The van der Waals surface area contributed by atoms with Crippen LogP contribution in [0.2, 0.25) is 0 Å². The van der Waals surface area contributed by atoms with Gasteiger partial charge in [-0.15, -0.1) is 0 Å². The van der Waals surface area contributed by atoms with E-state index in [1.807, 2.05) is 55.5 Å². The van der Waals surface area contributed by atoms with Crippen molar-refractivity contribution in [1.29, 1.82) is 0 Å². The summed E-state index contributed by atoms with van der Waals surface area (Å²) in [6, 6.07) is 15.5. The maximum absolute atomic E-state index is 12.5. The highest BCUT2D eigenvalue weighted by atomic mass is 32.2. The van der Waals surface area contributed by atoms with E-state index in [9.17, 15) is 4.79 Å². The molecular formula is C20H21N3O3S. The average Bonchev–Trinajstić information content (AvgIpc) is 3.11. The maximum atomic E-state index is 12.5. The van der Waals surface area contributed by atoms with Gasteiger partial charge in [-0.2, -0.15) is 0 Å². The number of carbonyl (C=O) groups is 1. The van der Waals surface area contributed by atoms with Crippen LogP contribution in [0.25, 0.3) is 11.1 Å². The second-order valence-electron chi connectivity index (χ2n) is 6.34. The molecule has 1 amide bonds. The maximum Gasteiger partial charge on any atom is 0.257 e. The number of morpholine rings is 1. The van der Waals surface area contributed by atoms with Gasteiger partial charge in [-0.05, 0) is 43.3 Å². The van der Waals surface area contributed by atoms with Gasteiger partial charge in [0.2, 0.25) is 5.91 Å². The molecule has 27 heavy (non-hydrogen) atoms. The number of amides is 1.